The fourth-order valence-corrected chi connectivity index (χ4v) is 3.23. The Labute approximate surface area is 142 Å². The van der Waals surface area contributed by atoms with Gasteiger partial charge in [-0.2, -0.15) is 0 Å². The van der Waals surface area contributed by atoms with Crippen molar-refractivity contribution in [1.29, 1.82) is 0 Å². The highest BCUT2D eigenvalue weighted by molar-refractivity contribution is 5.48. The number of hydrogen-bond acceptors (Lipinski definition) is 1. The van der Waals surface area contributed by atoms with E-state index in [1.807, 2.05) is 0 Å². The third kappa shape index (κ3) is 3.88. The molecule has 1 aliphatic carbocycles. The average molecular weight is 312 g/mol. The highest BCUT2D eigenvalue weighted by Gasteiger charge is 2.31. The second kappa shape index (κ2) is 5.85. The van der Waals surface area contributed by atoms with Gasteiger partial charge in [0.25, 0.3) is 0 Å². The summed E-state index contributed by atoms with van der Waals surface area (Å²) in [7, 11) is 0. The first-order chi connectivity index (χ1) is 10.4. The van der Waals surface area contributed by atoms with E-state index in [1.165, 1.54) is 27.8 Å². The normalized spacial score (nSPS) is 16.0. The zero-order chi connectivity index (χ0) is 17.6. The van der Waals surface area contributed by atoms with Gasteiger partial charge < -0.3 is 4.74 Å². The van der Waals surface area contributed by atoms with Gasteiger partial charge in [-0.3, -0.25) is 0 Å². The second-order valence-corrected chi connectivity index (χ2v) is 9.01. The molecule has 0 aliphatic heterocycles. The summed E-state index contributed by atoms with van der Waals surface area (Å²) in [6.07, 6.45) is 3.29. The zero-order valence-corrected chi connectivity index (χ0v) is 16.3. The van der Waals surface area contributed by atoms with Gasteiger partial charge in [-0.25, -0.2) is 0 Å². The molecule has 2 rings (SSSR count). The van der Waals surface area contributed by atoms with Crippen molar-refractivity contribution in [1.82, 2.24) is 0 Å². The lowest BCUT2D eigenvalue weighted by Gasteiger charge is -2.22. The maximum atomic E-state index is 6.48. The van der Waals surface area contributed by atoms with Crippen LogP contribution in [0.5, 0.6) is 5.75 Å². The molecule has 0 fully saturated rings. The lowest BCUT2D eigenvalue weighted by atomic mass is 9.84. The molecule has 1 aromatic carbocycles. The van der Waals surface area contributed by atoms with E-state index >= 15 is 0 Å². The summed E-state index contributed by atoms with van der Waals surface area (Å²) in [5.74, 6) is 2.15. The Morgan fingerprint density at radius 2 is 1.35 bits per heavy atom. The first kappa shape index (κ1) is 17.8. The average Bonchev–Trinajstić information content (AvgIpc) is 2.77. The third-order valence-electron chi connectivity index (χ3n) is 4.57. The van der Waals surface area contributed by atoms with Crippen LogP contribution in [-0.2, 0) is 0 Å². The summed E-state index contributed by atoms with van der Waals surface area (Å²) in [4.78, 5) is 0. The fraction of sp³-hybridized carbons (Fsp3) is 0.545. The van der Waals surface area contributed by atoms with Crippen molar-refractivity contribution in [2.24, 2.45) is 10.8 Å². The minimum absolute atomic E-state index is 0.0921. The lowest BCUT2D eigenvalue weighted by Crippen LogP contribution is -2.11. The van der Waals surface area contributed by atoms with Crippen LogP contribution in [0.3, 0.4) is 0 Å². The van der Waals surface area contributed by atoms with E-state index in [2.05, 4.69) is 80.5 Å². The highest BCUT2D eigenvalue weighted by atomic mass is 16.5. The zero-order valence-electron chi connectivity index (χ0n) is 16.3. The van der Waals surface area contributed by atoms with Crippen molar-refractivity contribution >= 4 is 0 Å². The number of benzene rings is 1. The minimum Gasteiger partial charge on any atom is -0.461 e. The number of hydrogen-bond donors (Lipinski definition) is 0. The quantitative estimate of drug-likeness (QED) is 0.592. The Kier molecular flexibility index (Phi) is 4.54. The summed E-state index contributed by atoms with van der Waals surface area (Å²) in [5.41, 5.74) is 6.78. The lowest BCUT2D eigenvalue weighted by molar-refractivity contribution is 0.375. The van der Waals surface area contributed by atoms with Crippen LogP contribution in [0, 0.1) is 31.6 Å². The van der Waals surface area contributed by atoms with Crippen molar-refractivity contribution in [3.63, 3.8) is 0 Å². The number of rotatable bonds is 2. The number of ether oxygens (including phenoxy) is 1. The SMILES string of the molecule is Cc1cc(C)c(OC2=C(C(C)(C)C)C=C(C(C)(C)C)C2)c(C)c1. The van der Waals surface area contributed by atoms with E-state index in [1.54, 1.807) is 0 Å². The van der Waals surface area contributed by atoms with Crippen LogP contribution in [0.4, 0.5) is 0 Å². The van der Waals surface area contributed by atoms with Gasteiger partial charge in [0.2, 0.25) is 0 Å². The van der Waals surface area contributed by atoms with E-state index in [-0.39, 0.29) is 10.8 Å². The van der Waals surface area contributed by atoms with Gasteiger partial charge in [-0.15, -0.1) is 0 Å². The third-order valence-corrected chi connectivity index (χ3v) is 4.57. The van der Waals surface area contributed by atoms with E-state index in [0.29, 0.717) is 0 Å². The van der Waals surface area contributed by atoms with E-state index < -0.39 is 0 Å². The molecule has 0 amide bonds. The molecule has 0 atom stereocenters. The maximum Gasteiger partial charge on any atom is 0.132 e. The van der Waals surface area contributed by atoms with Gasteiger partial charge >= 0.3 is 0 Å². The summed E-state index contributed by atoms with van der Waals surface area (Å²) in [5, 5.41) is 0. The smallest absolute Gasteiger partial charge is 0.132 e. The first-order valence-corrected chi connectivity index (χ1v) is 8.60. The summed E-state index contributed by atoms with van der Waals surface area (Å²) >= 11 is 0. The van der Waals surface area contributed by atoms with Crippen LogP contribution in [0.25, 0.3) is 0 Å². The van der Waals surface area contributed by atoms with Crippen molar-refractivity contribution in [3.05, 3.63) is 51.8 Å². The van der Waals surface area contributed by atoms with E-state index in [9.17, 15) is 0 Å². The number of allylic oxidation sites excluding steroid dienone is 3. The Bertz CT molecular complexity index is 650. The van der Waals surface area contributed by atoms with Gasteiger partial charge in [0.05, 0.1) is 0 Å². The van der Waals surface area contributed by atoms with E-state index in [4.69, 9.17) is 4.74 Å². The summed E-state index contributed by atoms with van der Waals surface area (Å²) in [6, 6.07) is 4.40. The van der Waals surface area contributed by atoms with Gasteiger partial charge in [0.15, 0.2) is 0 Å². The van der Waals surface area contributed by atoms with Crippen LogP contribution in [0.1, 0.15) is 64.7 Å². The molecule has 1 aromatic rings. The topological polar surface area (TPSA) is 9.23 Å². The Morgan fingerprint density at radius 1 is 0.826 bits per heavy atom. The van der Waals surface area contributed by atoms with Crippen LogP contribution in [0.15, 0.2) is 35.1 Å². The molecule has 0 N–H and O–H groups in total. The Balaban J connectivity index is 2.43. The van der Waals surface area contributed by atoms with Crippen molar-refractivity contribution in [3.8, 4) is 5.75 Å². The molecule has 0 spiro atoms. The summed E-state index contributed by atoms with van der Waals surface area (Å²) in [6.45, 7) is 20.1. The Hall–Kier alpha value is -1.50. The molecule has 0 unspecified atom stereocenters. The molecular formula is C22H32O. The molecular weight excluding hydrogens is 280 g/mol. The molecule has 1 aliphatic rings. The molecule has 1 heteroatoms. The first-order valence-electron chi connectivity index (χ1n) is 8.60. The standard InChI is InChI=1S/C22H32O/c1-14-10-15(2)20(16(3)11-14)23-19-13-17(21(4,5)6)12-18(19)22(7,8)9/h10-12H,13H2,1-9H3. The van der Waals surface area contributed by atoms with Gasteiger partial charge in [-0.1, -0.05) is 70.9 Å². The van der Waals surface area contributed by atoms with Gasteiger partial charge in [-0.05, 0) is 48.3 Å². The molecule has 0 aromatic heterocycles. The van der Waals surface area contributed by atoms with Crippen molar-refractivity contribution in [2.75, 3.05) is 0 Å². The monoisotopic (exact) mass is 312 g/mol. The van der Waals surface area contributed by atoms with Crippen LogP contribution in [0.2, 0.25) is 0 Å². The summed E-state index contributed by atoms with van der Waals surface area (Å²) < 4.78 is 6.48. The molecule has 0 saturated heterocycles. The highest BCUT2D eigenvalue weighted by Crippen LogP contribution is 2.44. The molecule has 0 bridgehead atoms. The van der Waals surface area contributed by atoms with E-state index in [0.717, 1.165) is 17.9 Å². The molecule has 0 radical (unpaired) electrons. The molecule has 0 heterocycles. The second-order valence-electron chi connectivity index (χ2n) is 9.01. The fourth-order valence-electron chi connectivity index (χ4n) is 3.23. The predicted molar refractivity (Wildman–Crippen MR) is 99.9 cm³/mol. The van der Waals surface area contributed by atoms with Gasteiger partial charge in [0.1, 0.15) is 11.5 Å². The van der Waals surface area contributed by atoms with Crippen LogP contribution >= 0.6 is 0 Å². The molecule has 1 nitrogen and oxygen atoms in total. The molecule has 126 valence electrons. The molecule has 23 heavy (non-hydrogen) atoms. The predicted octanol–water partition coefficient (Wildman–Crippen LogP) is 6.67. The van der Waals surface area contributed by atoms with Crippen LogP contribution in [-0.4, -0.2) is 0 Å². The van der Waals surface area contributed by atoms with Crippen molar-refractivity contribution < 1.29 is 4.74 Å². The maximum absolute atomic E-state index is 6.48. The van der Waals surface area contributed by atoms with Gasteiger partial charge in [0, 0.05) is 6.42 Å². The largest absolute Gasteiger partial charge is 0.461 e. The minimum atomic E-state index is 0.0921. The van der Waals surface area contributed by atoms with Crippen LogP contribution < -0.4 is 4.74 Å². The van der Waals surface area contributed by atoms with Crippen molar-refractivity contribution in [2.45, 2.75) is 68.7 Å². The molecule has 0 saturated carbocycles. The Morgan fingerprint density at radius 3 is 1.78 bits per heavy atom. The number of aryl methyl sites for hydroxylation is 3.